The lowest BCUT2D eigenvalue weighted by Gasteiger charge is -2.12. The van der Waals surface area contributed by atoms with E-state index in [4.69, 9.17) is 12.6 Å². The molecular weight excluding hydrogens is 296 g/mol. The Bertz CT molecular complexity index is 561. The van der Waals surface area contributed by atoms with Crippen LogP contribution in [0.25, 0.3) is 10.8 Å². The van der Waals surface area contributed by atoms with E-state index >= 15 is 0 Å². The van der Waals surface area contributed by atoms with Crippen LogP contribution in [0.2, 0.25) is 0 Å². The van der Waals surface area contributed by atoms with E-state index in [-0.39, 0.29) is 0 Å². The van der Waals surface area contributed by atoms with E-state index in [0.29, 0.717) is 5.25 Å². The molecule has 0 N–H and O–H groups in total. The molecule has 1 atom stereocenters. The molecule has 1 unspecified atom stereocenters. The lowest BCUT2D eigenvalue weighted by molar-refractivity contribution is 0.555. The lowest BCUT2D eigenvalue weighted by atomic mass is 10.0. The third-order valence-corrected chi connectivity index (χ3v) is 5.30. The van der Waals surface area contributed by atoms with Gasteiger partial charge in [-0.1, -0.05) is 107 Å². The van der Waals surface area contributed by atoms with E-state index < -0.39 is 0 Å². The number of hydrogen-bond donors (Lipinski definition) is 1. The molecule has 0 nitrogen and oxygen atoms in total. The quantitative estimate of drug-likeness (QED) is 0.316. The Morgan fingerprint density at radius 3 is 2.04 bits per heavy atom. The monoisotopic (exact) mass is 328 g/mol. The van der Waals surface area contributed by atoms with E-state index in [1.54, 1.807) is 0 Å². The minimum absolute atomic E-state index is 0.379. The highest BCUT2D eigenvalue weighted by molar-refractivity contribution is 7.80. The van der Waals surface area contributed by atoms with Gasteiger partial charge < -0.3 is 0 Å². The molecule has 126 valence electrons. The second-order valence-electron chi connectivity index (χ2n) is 6.74. The zero-order valence-corrected chi connectivity index (χ0v) is 15.5. The van der Waals surface area contributed by atoms with Gasteiger partial charge >= 0.3 is 0 Å². The first-order valence-corrected chi connectivity index (χ1v) is 9.99. The molecule has 0 radical (unpaired) electrons. The van der Waals surface area contributed by atoms with Gasteiger partial charge in [0.15, 0.2) is 0 Å². The van der Waals surface area contributed by atoms with Crippen molar-refractivity contribution >= 4 is 23.4 Å². The molecule has 0 aromatic heterocycles. The molecule has 0 saturated heterocycles. The Morgan fingerprint density at radius 1 is 0.739 bits per heavy atom. The van der Waals surface area contributed by atoms with E-state index in [1.807, 2.05) is 0 Å². The fourth-order valence-electron chi connectivity index (χ4n) is 3.23. The third-order valence-electron chi connectivity index (χ3n) is 4.74. The first-order valence-electron chi connectivity index (χ1n) is 9.48. The largest absolute Gasteiger partial charge is 0.171 e. The van der Waals surface area contributed by atoms with Crippen molar-refractivity contribution < 1.29 is 0 Å². The highest BCUT2D eigenvalue weighted by atomic mass is 32.1. The zero-order valence-electron chi connectivity index (χ0n) is 14.6. The van der Waals surface area contributed by atoms with Crippen LogP contribution in [0.4, 0.5) is 0 Å². The molecule has 0 aliphatic rings. The number of hydrogen-bond acceptors (Lipinski definition) is 1. The van der Waals surface area contributed by atoms with Crippen LogP contribution in [0.5, 0.6) is 0 Å². The van der Waals surface area contributed by atoms with Gasteiger partial charge in [-0.05, 0) is 22.8 Å². The highest BCUT2D eigenvalue weighted by Gasteiger charge is 2.07. The van der Waals surface area contributed by atoms with Gasteiger partial charge in [0.1, 0.15) is 0 Å². The summed E-state index contributed by atoms with van der Waals surface area (Å²) in [6.45, 7) is 2.28. The summed E-state index contributed by atoms with van der Waals surface area (Å²) in [5, 5.41) is 3.03. The smallest absolute Gasteiger partial charge is 0.0267 e. The normalized spacial score (nSPS) is 12.6. The maximum atomic E-state index is 4.83. The van der Waals surface area contributed by atoms with Crippen LogP contribution < -0.4 is 0 Å². The Kier molecular flexibility index (Phi) is 8.60. The summed E-state index contributed by atoms with van der Waals surface area (Å²) < 4.78 is 0. The van der Waals surface area contributed by atoms with Gasteiger partial charge in [0.05, 0.1) is 0 Å². The first-order chi connectivity index (χ1) is 11.3. The van der Waals surface area contributed by atoms with E-state index in [1.165, 1.54) is 80.5 Å². The van der Waals surface area contributed by atoms with E-state index in [2.05, 4.69) is 49.4 Å². The minimum atomic E-state index is 0.379. The molecule has 2 aromatic carbocycles. The maximum Gasteiger partial charge on any atom is 0.0267 e. The van der Waals surface area contributed by atoms with Crippen LogP contribution in [0.15, 0.2) is 42.5 Å². The van der Waals surface area contributed by atoms with Crippen LogP contribution in [0.1, 0.15) is 81.9 Å². The summed E-state index contributed by atoms with van der Waals surface area (Å²) in [6.07, 6.45) is 13.7. The van der Waals surface area contributed by atoms with Crippen LogP contribution in [0.3, 0.4) is 0 Å². The van der Waals surface area contributed by atoms with Crippen LogP contribution in [-0.2, 0) is 0 Å². The minimum Gasteiger partial charge on any atom is -0.171 e. The van der Waals surface area contributed by atoms with Gasteiger partial charge in [0.2, 0.25) is 0 Å². The van der Waals surface area contributed by atoms with Crippen molar-refractivity contribution in [1.82, 2.24) is 0 Å². The van der Waals surface area contributed by atoms with E-state index in [0.717, 1.165) is 0 Å². The van der Waals surface area contributed by atoms with Gasteiger partial charge in [-0.2, -0.15) is 12.6 Å². The number of rotatable bonds is 11. The van der Waals surface area contributed by atoms with Crippen LogP contribution in [0, 0.1) is 0 Å². The molecule has 0 aliphatic heterocycles. The van der Waals surface area contributed by atoms with Gasteiger partial charge in [0, 0.05) is 5.25 Å². The molecule has 0 heterocycles. The molecule has 0 bridgehead atoms. The molecule has 2 aromatic rings. The Balaban J connectivity index is 1.63. The average Bonchev–Trinajstić information content (AvgIpc) is 2.59. The fourth-order valence-corrected chi connectivity index (χ4v) is 3.57. The summed E-state index contributed by atoms with van der Waals surface area (Å²) >= 11 is 4.83. The van der Waals surface area contributed by atoms with Crippen molar-refractivity contribution in [2.24, 2.45) is 0 Å². The second-order valence-corrected chi connectivity index (χ2v) is 7.36. The van der Waals surface area contributed by atoms with Gasteiger partial charge in [-0.15, -0.1) is 0 Å². The van der Waals surface area contributed by atoms with Gasteiger partial charge in [-0.25, -0.2) is 0 Å². The van der Waals surface area contributed by atoms with Crippen molar-refractivity contribution in [2.75, 3.05) is 0 Å². The molecular formula is C22H32S. The number of unbranched alkanes of at least 4 members (excludes halogenated alkanes) is 8. The molecule has 0 fully saturated rings. The van der Waals surface area contributed by atoms with Crippen LogP contribution in [-0.4, -0.2) is 0 Å². The second kappa shape index (κ2) is 10.8. The Morgan fingerprint density at radius 2 is 1.35 bits per heavy atom. The molecule has 0 aliphatic carbocycles. The Hall–Kier alpha value is -0.950. The summed E-state index contributed by atoms with van der Waals surface area (Å²) in [5.41, 5.74) is 1.37. The Labute approximate surface area is 148 Å². The molecule has 23 heavy (non-hydrogen) atoms. The predicted molar refractivity (Wildman–Crippen MR) is 108 cm³/mol. The molecule has 0 amide bonds. The van der Waals surface area contributed by atoms with Crippen molar-refractivity contribution in [2.45, 2.75) is 76.4 Å². The van der Waals surface area contributed by atoms with Crippen molar-refractivity contribution in [3.05, 3.63) is 48.0 Å². The summed E-state index contributed by atoms with van der Waals surface area (Å²) in [5.74, 6) is 0. The molecule has 0 saturated carbocycles. The predicted octanol–water partition coefficient (Wildman–Crippen LogP) is 7.73. The summed E-state index contributed by atoms with van der Waals surface area (Å²) in [4.78, 5) is 0. The number of thiol groups is 1. The number of benzene rings is 2. The fraction of sp³-hybridized carbons (Fsp3) is 0.545. The van der Waals surface area contributed by atoms with Gasteiger partial charge in [0.25, 0.3) is 0 Å². The van der Waals surface area contributed by atoms with Crippen molar-refractivity contribution in [3.63, 3.8) is 0 Å². The highest BCUT2D eigenvalue weighted by Crippen LogP contribution is 2.29. The van der Waals surface area contributed by atoms with E-state index in [9.17, 15) is 0 Å². The summed E-state index contributed by atoms with van der Waals surface area (Å²) in [7, 11) is 0. The SMILES string of the molecule is CCCCCCCCCCCC(S)c1ccc2ccccc2c1. The van der Waals surface area contributed by atoms with Crippen molar-refractivity contribution in [3.8, 4) is 0 Å². The first kappa shape index (κ1) is 18.4. The zero-order chi connectivity index (χ0) is 16.3. The average molecular weight is 329 g/mol. The lowest BCUT2D eigenvalue weighted by Crippen LogP contribution is -1.91. The van der Waals surface area contributed by atoms with Crippen LogP contribution >= 0.6 is 12.6 Å². The molecule has 0 spiro atoms. The topological polar surface area (TPSA) is 0 Å². The standard InChI is InChI=1S/C22H32S/c1-2-3-4-5-6-7-8-9-10-15-22(23)21-17-16-19-13-11-12-14-20(19)18-21/h11-14,16-18,22-23H,2-10,15H2,1H3. The third kappa shape index (κ3) is 6.59. The molecule has 2 rings (SSSR count). The maximum absolute atomic E-state index is 4.83. The van der Waals surface area contributed by atoms with Crippen molar-refractivity contribution in [1.29, 1.82) is 0 Å². The molecule has 1 heteroatoms. The summed E-state index contributed by atoms with van der Waals surface area (Å²) in [6, 6.07) is 15.4. The van der Waals surface area contributed by atoms with Gasteiger partial charge in [-0.3, -0.25) is 0 Å². The number of fused-ring (bicyclic) bond motifs is 1.